The molecule has 21 heavy (non-hydrogen) atoms. The molecule has 1 aromatic heterocycles. The van der Waals surface area contributed by atoms with E-state index in [0.717, 1.165) is 10.0 Å². The fraction of sp³-hybridized carbons (Fsp3) is 0.0714. The molecule has 0 fully saturated rings. The van der Waals surface area contributed by atoms with Gasteiger partial charge >= 0.3 is 0 Å². The molecule has 0 radical (unpaired) electrons. The summed E-state index contributed by atoms with van der Waals surface area (Å²) in [6.45, 7) is 0. The van der Waals surface area contributed by atoms with E-state index < -0.39 is 9.84 Å². The number of hydrogen-bond acceptors (Lipinski definition) is 3. The van der Waals surface area contributed by atoms with Crippen LogP contribution in [0.1, 0.15) is 0 Å². The molecule has 0 atom stereocenters. The molecule has 0 saturated heterocycles. The maximum Gasteiger partial charge on any atom is 0.175 e. The molecule has 1 N–H and O–H groups in total. The summed E-state index contributed by atoms with van der Waals surface area (Å²) < 4.78 is 24.1. The van der Waals surface area contributed by atoms with Gasteiger partial charge in [-0.15, -0.1) is 0 Å². The van der Waals surface area contributed by atoms with Crippen LogP contribution in [0.15, 0.2) is 45.8 Å². The van der Waals surface area contributed by atoms with E-state index in [-0.39, 0.29) is 4.90 Å². The molecule has 108 valence electrons. The summed E-state index contributed by atoms with van der Waals surface area (Å²) in [6.07, 6.45) is 1.18. The topological polar surface area (TPSA) is 62.8 Å². The fourth-order valence-corrected chi connectivity index (χ4v) is 3.24. The lowest BCUT2D eigenvalue weighted by molar-refractivity contribution is 0.602. The zero-order chi connectivity index (χ0) is 15.2. The third kappa shape index (κ3) is 2.84. The normalized spacial score (nSPS) is 12.0. The third-order valence-corrected chi connectivity index (χ3v) is 5.00. The van der Waals surface area contributed by atoms with Crippen molar-refractivity contribution in [2.24, 2.45) is 0 Å². The van der Waals surface area contributed by atoms with Crippen LogP contribution in [0.4, 0.5) is 0 Å². The standard InChI is InChI=1S/C14H10BrClN2O2S/c1-21(19,20)9-3-5-12-13(7-9)18-14(17-12)10-6-8(15)2-4-11(10)16/h2-7H,1H3,(H,17,18). The van der Waals surface area contributed by atoms with Gasteiger partial charge in [0.15, 0.2) is 9.84 Å². The van der Waals surface area contributed by atoms with E-state index in [1.54, 1.807) is 24.3 Å². The number of aromatic nitrogens is 2. The number of nitrogens with one attached hydrogen (secondary N) is 1. The molecule has 3 rings (SSSR count). The minimum Gasteiger partial charge on any atom is -0.338 e. The van der Waals surface area contributed by atoms with Gasteiger partial charge in [-0.05, 0) is 36.4 Å². The molecule has 0 spiro atoms. The molecular formula is C14H10BrClN2O2S. The van der Waals surface area contributed by atoms with Crippen LogP contribution in [0, 0.1) is 0 Å². The molecule has 0 saturated carbocycles. The Morgan fingerprint density at radius 2 is 1.95 bits per heavy atom. The van der Waals surface area contributed by atoms with Gasteiger partial charge in [0, 0.05) is 16.3 Å². The SMILES string of the molecule is CS(=O)(=O)c1ccc2nc(-c3cc(Br)ccc3Cl)[nH]c2c1. The Kier molecular flexibility index (Phi) is 3.55. The van der Waals surface area contributed by atoms with Crippen molar-refractivity contribution < 1.29 is 8.42 Å². The van der Waals surface area contributed by atoms with E-state index in [1.165, 1.54) is 6.26 Å². The largest absolute Gasteiger partial charge is 0.338 e. The second-order valence-electron chi connectivity index (χ2n) is 4.66. The number of sulfone groups is 1. The first-order valence-electron chi connectivity index (χ1n) is 6.00. The van der Waals surface area contributed by atoms with Crippen LogP contribution in [0.25, 0.3) is 22.4 Å². The Morgan fingerprint density at radius 1 is 1.19 bits per heavy atom. The van der Waals surface area contributed by atoms with E-state index in [9.17, 15) is 8.42 Å². The third-order valence-electron chi connectivity index (χ3n) is 3.07. The molecule has 0 bridgehead atoms. The zero-order valence-corrected chi connectivity index (χ0v) is 14.1. The Morgan fingerprint density at radius 3 is 2.67 bits per heavy atom. The lowest BCUT2D eigenvalue weighted by atomic mass is 10.2. The van der Waals surface area contributed by atoms with Crippen molar-refractivity contribution >= 4 is 48.4 Å². The van der Waals surface area contributed by atoms with Gasteiger partial charge in [0.25, 0.3) is 0 Å². The van der Waals surface area contributed by atoms with Gasteiger partial charge in [-0.25, -0.2) is 13.4 Å². The number of fused-ring (bicyclic) bond motifs is 1. The highest BCUT2D eigenvalue weighted by Gasteiger charge is 2.12. The van der Waals surface area contributed by atoms with Gasteiger partial charge in [-0.1, -0.05) is 27.5 Å². The van der Waals surface area contributed by atoms with Crippen molar-refractivity contribution in [3.8, 4) is 11.4 Å². The highest BCUT2D eigenvalue weighted by atomic mass is 79.9. The highest BCUT2D eigenvalue weighted by Crippen LogP contribution is 2.30. The summed E-state index contributed by atoms with van der Waals surface area (Å²) in [5.41, 5.74) is 2.10. The number of halogens is 2. The molecule has 2 aromatic carbocycles. The minimum absolute atomic E-state index is 0.255. The van der Waals surface area contributed by atoms with Gasteiger partial charge in [-0.3, -0.25) is 0 Å². The molecular weight excluding hydrogens is 376 g/mol. The molecule has 0 aliphatic heterocycles. The summed E-state index contributed by atoms with van der Waals surface area (Å²) in [4.78, 5) is 7.82. The van der Waals surface area contributed by atoms with E-state index >= 15 is 0 Å². The number of nitrogens with zero attached hydrogens (tertiary/aromatic N) is 1. The number of benzene rings is 2. The number of aromatic amines is 1. The smallest absolute Gasteiger partial charge is 0.175 e. The number of hydrogen-bond donors (Lipinski definition) is 1. The van der Waals surface area contributed by atoms with Crippen molar-refractivity contribution in [2.45, 2.75) is 4.90 Å². The van der Waals surface area contributed by atoms with Crippen LogP contribution < -0.4 is 0 Å². The average molecular weight is 386 g/mol. The van der Waals surface area contributed by atoms with Crippen molar-refractivity contribution in [1.82, 2.24) is 9.97 Å². The van der Waals surface area contributed by atoms with Crippen molar-refractivity contribution in [1.29, 1.82) is 0 Å². The maximum atomic E-state index is 11.6. The predicted octanol–water partition coefficient (Wildman–Crippen LogP) is 4.05. The second kappa shape index (κ2) is 5.12. The first kappa shape index (κ1) is 14.6. The highest BCUT2D eigenvalue weighted by molar-refractivity contribution is 9.10. The lowest BCUT2D eigenvalue weighted by Crippen LogP contribution is -1.96. The van der Waals surface area contributed by atoms with Gasteiger partial charge in [0.1, 0.15) is 5.82 Å². The van der Waals surface area contributed by atoms with E-state index in [1.807, 2.05) is 12.1 Å². The Bertz CT molecular complexity index is 951. The van der Waals surface area contributed by atoms with Crippen molar-refractivity contribution in [2.75, 3.05) is 6.26 Å². The van der Waals surface area contributed by atoms with Gasteiger partial charge < -0.3 is 4.98 Å². The number of imidazole rings is 1. The summed E-state index contributed by atoms with van der Waals surface area (Å²) in [5.74, 6) is 0.599. The molecule has 3 aromatic rings. The first-order chi connectivity index (χ1) is 9.84. The van der Waals surface area contributed by atoms with Crippen LogP contribution >= 0.6 is 27.5 Å². The predicted molar refractivity (Wildman–Crippen MR) is 87.3 cm³/mol. The van der Waals surface area contributed by atoms with Crippen LogP contribution in [0.2, 0.25) is 5.02 Å². The van der Waals surface area contributed by atoms with Crippen molar-refractivity contribution in [3.05, 3.63) is 45.9 Å². The van der Waals surface area contributed by atoms with Gasteiger partial charge in [-0.2, -0.15) is 0 Å². The molecule has 7 heteroatoms. The Balaban J connectivity index is 2.20. The summed E-state index contributed by atoms with van der Waals surface area (Å²) in [5, 5.41) is 0.570. The minimum atomic E-state index is -3.25. The lowest BCUT2D eigenvalue weighted by Gasteiger charge is -2.00. The fourth-order valence-electron chi connectivity index (χ4n) is 2.03. The molecule has 0 aliphatic rings. The zero-order valence-electron chi connectivity index (χ0n) is 10.9. The second-order valence-corrected chi connectivity index (χ2v) is 8.00. The summed E-state index contributed by atoms with van der Waals surface area (Å²) in [7, 11) is -3.25. The van der Waals surface area contributed by atoms with E-state index in [2.05, 4.69) is 25.9 Å². The monoisotopic (exact) mass is 384 g/mol. The molecule has 4 nitrogen and oxygen atoms in total. The summed E-state index contributed by atoms with van der Waals surface area (Å²) in [6, 6.07) is 10.3. The molecule has 0 amide bonds. The van der Waals surface area contributed by atoms with E-state index in [0.29, 0.717) is 21.9 Å². The Labute approximate surface area is 135 Å². The van der Waals surface area contributed by atoms with E-state index in [4.69, 9.17) is 11.6 Å². The van der Waals surface area contributed by atoms with Gasteiger partial charge in [0.05, 0.1) is 21.0 Å². The average Bonchev–Trinajstić information content (AvgIpc) is 2.83. The van der Waals surface area contributed by atoms with Crippen LogP contribution in [-0.2, 0) is 9.84 Å². The molecule has 0 aliphatic carbocycles. The van der Waals surface area contributed by atoms with Crippen LogP contribution in [-0.4, -0.2) is 24.6 Å². The number of rotatable bonds is 2. The van der Waals surface area contributed by atoms with Crippen LogP contribution in [0.3, 0.4) is 0 Å². The maximum absolute atomic E-state index is 11.6. The number of H-pyrrole nitrogens is 1. The van der Waals surface area contributed by atoms with Gasteiger partial charge in [0.2, 0.25) is 0 Å². The van der Waals surface area contributed by atoms with Crippen molar-refractivity contribution in [3.63, 3.8) is 0 Å². The van der Waals surface area contributed by atoms with Crippen LogP contribution in [0.5, 0.6) is 0 Å². The molecule has 1 heterocycles. The first-order valence-corrected chi connectivity index (χ1v) is 9.06. The Hall–Kier alpha value is -1.37. The quantitative estimate of drug-likeness (QED) is 0.724. The molecule has 0 unspecified atom stereocenters. The summed E-state index contributed by atoms with van der Waals surface area (Å²) >= 11 is 9.58.